The lowest BCUT2D eigenvalue weighted by molar-refractivity contribution is -0.137. The lowest BCUT2D eigenvalue weighted by Crippen LogP contribution is -2.11. The Morgan fingerprint density at radius 1 is 1.32 bits per heavy atom. The molecule has 0 bridgehead atoms. The summed E-state index contributed by atoms with van der Waals surface area (Å²) in [5, 5.41) is 19.6. The third-order valence-electron chi connectivity index (χ3n) is 2.62. The number of phenolic OH excluding ortho intramolecular Hbond substituents is 2. The van der Waals surface area contributed by atoms with E-state index in [1.165, 1.54) is 12.1 Å². The van der Waals surface area contributed by atoms with Crippen LogP contribution in [0.2, 0.25) is 0 Å². The maximum Gasteiger partial charge on any atom is 0.330 e. The molecule has 2 N–H and O–H groups in total. The highest BCUT2D eigenvalue weighted by molar-refractivity contribution is 5.87. The van der Waals surface area contributed by atoms with Crippen LogP contribution in [0.15, 0.2) is 18.2 Å². The van der Waals surface area contributed by atoms with Gasteiger partial charge < -0.3 is 14.9 Å². The minimum atomic E-state index is -0.438. The summed E-state index contributed by atoms with van der Waals surface area (Å²) in [5.41, 5.74) is 0.944. The van der Waals surface area contributed by atoms with Gasteiger partial charge in [-0.1, -0.05) is 20.8 Å². The van der Waals surface area contributed by atoms with Crippen molar-refractivity contribution in [3.63, 3.8) is 0 Å². The first-order valence-corrected chi connectivity index (χ1v) is 6.17. The molecule has 1 rings (SSSR count). The fraction of sp³-hybridized carbons (Fsp3) is 0.400. The van der Waals surface area contributed by atoms with Gasteiger partial charge in [-0.15, -0.1) is 0 Å². The van der Waals surface area contributed by atoms with Crippen molar-refractivity contribution in [1.82, 2.24) is 0 Å². The second-order valence-electron chi connectivity index (χ2n) is 5.27. The monoisotopic (exact) mass is 264 g/mol. The molecular weight excluding hydrogens is 244 g/mol. The highest BCUT2D eigenvalue weighted by atomic mass is 16.5. The van der Waals surface area contributed by atoms with E-state index in [0.717, 1.165) is 0 Å². The lowest BCUT2D eigenvalue weighted by Gasteiger charge is -2.21. The molecule has 19 heavy (non-hydrogen) atoms. The molecule has 0 amide bonds. The summed E-state index contributed by atoms with van der Waals surface area (Å²) in [7, 11) is 0. The molecule has 0 atom stereocenters. The Labute approximate surface area is 113 Å². The number of phenols is 2. The summed E-state index contributed by atoms with van der Waals surface area (Å²) in [4.78, 5) is 11.2. The number of hydrogen-bond donors (Lipinski definition) is 2. The van der Waals surface area contributed by atoms with Crippen LogP contribution in [0.5, 0.6) is 11.5 Å². The van der Waals surface area contributed by atoms with Crippen molar-refractivity contribution < 1.29 is 19.7 Å². The molecule has 0 aliphatic rings. The average molecular weight is 264 g/mol. The number of ether oxygens (including phenoxy) is 1. The highest BCUT2D eigenvalue weighted by Crippen LogP contribution is 2.38. The van der Waals surface area contributed by atoms with E-state index in [1.807, 2.05) is 20.8 Å². The van der Waals surface area contributed by atoms with Crippen LogP contribution >= 0.6 is 0 Å². The van der Waals surface area contributed by atoms with E-state index in [1.54, 1.807) is 19.1 Å². The highest BCUT2D eigenvalue weighted by Gasteiger charge is 2.20. The third-order valence-corrected chi connectivity index (χ3v) is 2.62. The quantitative estimate of drug-likeness (QED) is 0.500. The van der Waals surface area contributed by atoms with Gasteiger partial charge in [0.2, 0.25) is 0 Å². The standard InChI is InChI=1S/C15H20O4/c1-5-19-13(17)7-6-10-8-11(15(2,3)4)14(18)12(16)9-10/h6-9,16,18H,5H2,1-4H3/b7-6+. The van der Waals surface area contributed by atoms with E-state index in [4.69, 9.17) is 4.74 Å². The maximum atomic E-state index is 11.2. The molecule has 0 saturated heterocycles. The molecule has 4 heteroatoms. The van der Waals surface area contributed by atoms with Gasteiger partial charge in [0.25, 0.3) is 0 Å². The van der Waals surface area contributed by atoms with Crippen molar-refractivity contribution in [1.29, 1.82) is 0 Å². The first kappa shape index (κ1) is 15.1. The van der Waals surface area contributed by atoms with Crippen molar-refractivity contribution >= 4 is 12.0 Å². The second-order valence-corrected chi connectivity index (χ2v) is 5.27. The number of rotatable bonds is 3. The SMILES string of the molecule is CCOC(=O)/C=C/c1cc(O)c(O)c(C(C)(C)C)c1. The Morgan fingerprint density at radius 2 is 1.95 bits per heavy atom. The molecule has 104 valence electrons. The number of benzene rings is 1. The molecule has 0 spiro atoms. The summed E-state index contributed by atoms with van der Waals surface area (Å²) in [6, 6.07) is 3.14. The predicted octanol–water partition coefficient (Wildman–Crippen LogP) is 2.97. The van der Waals surface area contributed by atoms with Crippen molar-refractivity contribution in [2.45, 2.75) is 33.1 Å². The molecule has 1 aromatic rings. The van der Waals surface area contributed by atoms with Crippen molar-refractivity contribution in [3.8, 4) is 11.5 Å². The van der Waals surface area contributed by atoms with E-state index >= 15 is 0 Å². The Balaban J connectivity index is 3.11. The fourth-order valence-electron chi connectivity index (χ4n) is 1.66. The number of carbonyl (C=O) groups is 1. The number of hydrogen-bond acceptors (Lipinski definition) is 4. The van der Waals surface area contributed by atoms with E-state index in [-0.39, 0.29) is 16.9 Å². The van der Waals surface area contributed by atoms with E-state index in [2.05, 4.69) is 0 Å². The van der Waals surface area contributed by atoms with Crippen LogP contribution in [0.4, 0.5) is 0 Å². The smallest absolute Gasteiger partial charge is 0.330 e. The fourth-order valence-corrected chi connectivity index (χ4v) is 1.66. The summed E-state index contributed by atoms with van der Waals surface area (Å²) in [5.74, 6) is -0.760. The molecule has 0 saturated carbocycles. The summed E-state index contributed by atoms with van der Waals surface area (Å²) in [6.45, 7) is 7.84. The van der Waals surface area contributed by atoms with E-state index in [0.29, 0.717) is 17.7 Å². The van der Waals surface area contributed by atoms with Gasteiger partial charge in [0, 0.05) is 11.6 Å². The zero-order chi connectivity index (χ0) is 14.6. The Kier molecular flexibility index (Phi) is 4.59. The Morgan fingerprint density at radius 3 is 2.47 bits per heavy atom. The van der Waals surface area contributed by atoms with Gasteiger partial charge in [-0.05, 0) is 36.1 Å². The molecular formula is C15H20O4. The van der Waals surface area contributed by atoms with Crippen LogP contribution in [0.25, 0.3) is 6.08 Å². The molecule has 4 nitrogen and oxygen atoms in total. The molecule has 0 fully saturated rings. The van der Waals surface area contributed by atoms with Gasteiger partial charge in [0.05, 0.1) is 6.61 Å². The molecule has 0 heterocycles. The molecule has 0 radical (unpaired) electrons. The van der Waals surface area contributed by atoms with Gasteiger partial charge in [0.15, 0.2) is 11.5 Å². The van der Waals surface area contributed by atoms with Crippen molar-refractivity contribution in [2.75, 3.05) is 6.61 Å². The zero-order valence-corrected chi connectivity index (χ0v) is 11.7. The van der Waals surface area contributed by atoms with Crippen LogP contribution in [0, 0.1) is 0 Å². The van der Waals surface area contributed by atoms with E-state index in [9.17, 15) is 15.0 Å². The average Bonchev–Trinajstić information content (AvgIpc) is 2.29. The van der Waals surface area contributed by atoms with Crippen LogP contribution in [0.3, 0.4) is 0 Å². The zero-order valence-electron chi connectivity index (χ0n) is 11.7. The second kappa shape index (κ2) is 5.78. The normalized spacial score (nSPS) is 11.8. The minimum Gasteiger partial charge on any atom is -0.504 e. The molecule has 0 unspecified atom stereocenters. The Hall–Kier alpha value is -1.97. The number of carbonyl (C=O) groups excluding carboxylic acids is 1. The van der Waals surface area contributed by atoms with Gasteiger partial charge in [-0.3, -0.25) is 0 Å². The van der Waals surface area contributed by atoms with Gasteiger partial charge >= 0.3 is 5.97 Å². The van der Waals surface area contributed by atoms with Crippen LogP contribution in [0.1, 0.15) is 38.8 Å². The number of aromatic hydroxyl groups is 2. The first-order chi connectivity index (χ1) is 8.75. The third kappa shape index (κ3) is 4.02. The van der Waals surface area contributed by atoms with Crippen molar-refractivity contribution in [3.05, 3.63) is 29.3 Å². The Bertz CT molecular complexity index is 496. The number of esters is 1. The molecule has 0 aliphatic heterocycles. The summed E-state index contributed by atoms with van der Waals surface area (Å²) < 4.78 is 4.78. The van der Waals surface area contributed by atoms with Gasteiger partial charge in [0.1, 0.15) is 0 Å². The van der Waals surface area contributed by atoms with E-state index < -0.39 is 5.97 Å². The largest absolute Gasteiger partial charge is 0.504 e. The predicted molar refractivity (Wildman–Crippen MR) is 74.1 cm³/mol. The van der Waals surface area contributed by atoms with Gasteiger partial charge in [-0.2, -0.15) is 0 Å². The molecule has 0 aliphatic carbocycles. The summed E-state index contributed by atoms with van der Waals surface area (Å²) in [6.07, 6.45) is 2.84. The van der Waals surface area contributed by atoms with Crippen LogP contribution < -0.4 is 0 Å². The lowest BCUT2D eigenvalue weighted by atomic mass is 9.85. The topological polar surface area (TPSA) is 66.8 Å². The first-order valence-electron chi connectivity index (χ1n) is 6.17. The van der Waals surface area contributed by atoms with Gasteiger partial charge in [-0.25, -0.2) is 4.79 Å². The maximum absolute atomic E-state index is 11.2. The summed E-state index contributed by atoms with van der Waals surface area (Å²) >= 11 is 0. The van der Waals surface area contributed by atoms with Crippen LogP contribution in [-0.4, -0.2) is 22.8 Å². The van der Waals surface area contributed by atoms with Crippen molar-refractivity contribution in [2.24, 2.45) is 0 Å². The van der Waals surface area contributed by atoms with Crippen LogP contribution in [-0.2, 0) is 14.9 Å². The molecule has 1 aromatic carbocycles. The molecule has 0 aromatic heterocycles. The minimum absolute atomic E-state index is 0.124.